The first-order chi connectivity index (χ1) is 16.6. The number of nitro benzene ring substituents is 1. The lowest BCUT2D eigenvalue weighted by Crippen LogP contribution is -2.29. The number of ether oxygens (including phenoxy) is 1. The molecule has 170 valence electrons. The van der Waals surface area contributed by atoms with E-state index in [2.05, 4.69) is 10.3 Å². The second kappa shape index (κ2) is 8.95. The number of para-hydroxylation sites is 1. The first kappa shape index (κ1) is 21.6. The van der Waals surface area contributed by atoms with Gasteiger partial charge in [0.1, 0.15) is 23.3 Å². The van der Waals surface area contributed by atoms with Crippen LogP contribution in [0.4, 0.5) is 11.4 Å². The summed E-state index contributed by atoms with van der Waals surface area (Å²) >= 11 is 5.72. The number of nitrogens with one attached hydrogen (secondary N) is 1. The number of methoxy groups -OCH3 is 1. The Labute approximate surface area is 201 Å². The standard InChI is InChI=1S/C25H20N4O4S/c1-32-17-11-9-16(10-12-17)28-24(23(27-25(28)34)19-7-4-5-15-26-19)22-14-13-21(33-22)18-6-2-3-8-20(18)29(30)31/h2-15,23-24H,1H3,(H,27,34)/t23-,24+/m0/s1. The summed E-state index contributed by atoms with van der Waals surface area (Å²) < 4.78 is 11.5. The first-order valence-electron chi connectivity index (χ1n) is 10.5. The Morgan fingerprint density at radius 2 is 1.82 bits per heavy atom. The van der Waals surface area contributed by atoms with E-state index in [4.69, 9.17) is 21.4 Å². The van der Waals surface area contributed by atoms with Crippen molar-refractivity contribution in [1.29, 1.82) is 0 Å². The fourth-order valence-corrected chi connectivity index (χ4v) is 4.51. The minimum absolute atomic E-state index is 0.0169. The zero-order chi connectivity index (χ0) is 23.7. The highest BCUT2D eigenvalue weighted by molar-refractivity contribution is 7.80. The molecule has 0 saturated carbocycles. The van der Waals surface area contributed by atoms with E-state index in [-0.39, 0.29) is 17.8 Å². The zero-order valence-corrected chi connectivity index (χ0v) is 18.9. The van der Waals surface area contributed by atoms with Crippen LogP contribution in [0.3, 0.4) is 0 Å². The van der Waals surface area contributed by atoms with Gasteiger partial charge >= 0.3 is 0 Å². The highest BCUT2D eigenvalue weighted by Crippen LogP contribution is 2.43. The van der Waals surface area contributed by atoms with Crippen LogP contribution in [0.25, 0.3) is 11.3 Å². The van der Waals surface area contributed by atoms with Crippen LogP contribution in [0.5, 0.6) is 5.75 Å². The maximum Gasteiger partial charge on any atom is 0.280 e. The summed E-state index contributed by atoms with van der Waals surface area (Å²) in [6.45, 7) is 0. The van der Waals surface area contributed by atoms with Gasteiger partial charge in [-0.2, -0.15) is 0 Å². The molecule has 2 aromatic heterocycles. The number of nitrogens with zero attached hydrogens (tertiary/aromatic N) is 3. The molecule has 0 spiro atoms. The van der Waals surface area contributed by atoms with E-state index < -0.39 is 4.92 Å². The predicted octanol–water partition coefficient (Wildman–Crippen LogP) is 5.44. The molecule has 4 aromatic rings. The second-order valence-corrected chi connectivity index (χ2v) is 8.06. The minimum atomic E-state index is -0.413. The maximum atomic E-state index is 11.5. The lowest BCUT2D eigenvalue weighted by molar-refractivity contribution is -0.384. The molecule has 1 saturated heterocycles. The highest BCUT2D eigenvalue weighted by atomic mass is 32.1. The van der Waals surface area contributed by atoms with Crippen molar-refractivity contribution < 1.29 is 14.1 Å². The molecule has 3 heterocycles. The third-order valence-electron chi connectivity index (χ3n) is 5.73. The normalized spacial score (nSPS) is 17.4. The molecule has 8 nitrogen and oxygen atoms in total. The fraction of sp³-hybridized carbons (Fsp3) is 0.120. The summed E-state index contributed by atoms with van der Waals surface area (Å²) in [6, 6.07) is 22.7. The van der Waals surface area contributed by atoms with Crippen LogP contribution in [0, 0.1) is 10.1 Å². The zero-order valence-electron chi connectivity index (χ0n) is 18.1. The van der Waals surface area contributed by atoms with E-state index in [1.807, 2.05) is 53.4 Å². The van der Waals surface area contributed by atoms with Gasteiger partial charge in [0.05, 0.1) is 29.3 Å². The van der Waals surface area contributed by atoms with Crippen LogP contribution in [0.2, 0.25) is 0 Å². The molecular weight excluding hydrogens is 452 g/mol. The lowest BCUT2D eigenvalue weighted by Gasteiger charge is -2.26. The SMILES string of the molecule is COc1ccc(N2C(=S)N[C@@H](c3ccccn3)[C@H]2c2ccc(-c3ccccc3[N+](=O)[O-])o2)cc1. The number of aromatic nitrogens is 1. The summed E-state index contributed by atoms with van der Waals surface area (Å²) in [4.78, 5) is 17.6. The van der Waals surface area contributed by atoms with Gasteiger partial charge in [0.2, 0.25) is 0 Å². The van der Waals surface area contributed by atoms with Crippen molar-refractivity contribution in [2.45, 2.75) is 12.1 Å². The second-order valence-electron chi connectivity index (χ2n) is 7.67. The number of benzene rings is 2. The number of thiocarbonyl (C=S) groups is 1. The number of hydrogen-bond donors (Lipinski definition) is 1. The van der Waals surface area contributed by atoms with Crippen LogP contribution >= 0.6 is 12.2 Å². The van der Waals surface area contributed by atoms with E-state index in [1.54, 1.807) is 37.6 Å². The Kier molecular flexibility index (Phi) is 5.69. The van der Waals surface area contributed by atoms with Gasteiger partial charge in [-0.3, -0.25) is 15.1 Å². The minimum Gasteiger partial charge on any atom is -0.497 e. The molecule has 9 heteroatoms. The van der Waals surface area contributed by atoms with Crippen molar-refractivity contribution in [2.24, 2.45) is 0 Å². The smallest absolute Gasteiger partial charge is 0.280 e. The molecule has 0 aliphatic carbocycles. The molecule has 2 atom stereocenters. The van der Waals surface area contributed by atoms with Gasteiger partial charge in [-0.1, -0.05) is 18.2 Å². The number of pyridine rings is 1. The molecule has 0 radical (unpaired) electrons. The van der Waals surface area contributed by atoms with Crippen LogP contribution in [-0.4, -0.2) is 22.1 Å². The Morgan fingerprint density at radius 3 is 2.53 bits per heavy atom. The summed E-state index contributed by atoms with van der Waals surface area (Å²) in [7, 11) is 1.62. The van der Waals surface area contributed by atoms with Gasteiger partial charge in [-0.15, -0.1) is 0 Å². The van der Waals surface area contributed by atoms with Gasteiger partial charge in [0.15, 0.2) is 5.11 Å². The van der Waals surface area contributed by atoms with E-state index in [0.717, 1.165) is 17.1 Å². The van der Waals surface area contributed by atoms with Crippen LogP contribution in [-0.2, 0) is 0 Å². The fourth-order valence-electron chi connectivity index (χ4n) is 4.16. The first-order valence-corrected chi connectivity index (χ1v) is 11.0. The Balaban J connectivity index is 1.60. The summed E-state index contributed by atoms with van der Waals surface area (Å²) in [5.41, 5.74) is 2.05. The number of nitro groups is 1. The van der Waals surface area contributed by atoms with Gasteiger partial charge in [0.25, 0.3) is 5.69 Å². The molecule has 1 aliphatic rings. The predicted molar refractivity (Wildman–Crippen MR) is 132 cm³/mol. The van der Waals surface area contributed by atoms with E-state index in [0.29, 0.717) is 22.2 Å². The molecule has 0 bridgehead atoms. The molecule has 2 aromatic carbocycles. The van der Waals surface area contributed by atoms with Gasteiger partial charge in [0, 0.05) is 18.0 Å². The molecule has 5 rings (SSSR count). The summed E-state index contributed by atoms with van der Waals surface area (Å²) in [5.74, 6) is 1.75. The average Bonchev–Trinajstić information content (AvgIpc) is 3.49. The van der Waals surface area contributed by atoms with Gasteiger partial charge in [-0.25, -0.2) is 0 Å². The molecule has 1 N–H and O–H groups in total. The van der Waals surface area contributed by atoms with Crippen molar-refractivity contribution in [2.75, 3.05) is 12.0 Å². The van der Waals surface area contributed by atoms with Crippen molar-refractivity contribution in [1.82, 2.24) is 10.3 Å². The monoisotopic (exact) mass is 472 g/mol. The van der Waals surface area contributed by atoms with Crippen molar-refractivity contribution in [3.05, 3.63) is 107 Å². The summed E-state index contributed by atoms with van der Waals surface area (Å²) in [5, 5.41) is 15.4. The number of anilines is 1. The van der Waals surface area contributed by atoms with Crippen LogP contribution < -0.4 is 15.0 Å². The van der Waals surface area contributed by atoms with Crippen molar-refractivity contribution >= 4 is 28.7 Å². The average molecular weight is 473 g/mol. The van der Waals surface area contributed by atoms with E-state index in [1.165, 1.54) is 6.07 Å². The molecule has 1 fully saturated rings. The van der Waals surface area contributed by atoms with Crippen LogP contribution in [0.15, 0.2) is 89.5 Å². The quantitative estimate of drug-likeness (QED) is 0.225. The van der Waals surface area contributed by atoms with Gasteiger partial charge < -0.3 is 19.4 Å². The molecule has 1 aliphatic heterocycles. The van der Waals surface area contributed by atoms with E-state index in [9.17, 15) is 10.1 Å². The van der Waals surface area contributed by atoms with E-state index >= 15 is 0 Å². The molecule has 34 heavy (non-hydrogen) atoms. The summed E-state index contributed by atoms with van der Waals surface area (Å²) in [6.07, 6.45) is 1.73. The largest absolute Gasteiger partial charge is 0.497 e. The lowest BCUT2D eigenvalue weighted by atomic mass is 10.0. The van der Waals surface area contributed by atoms with Crippen molar-refractivity contribution in [3.63, 3.8) is 0 Å². The third-order valence-corrected chi connectivity index (χ3v) is 6.05. The van der Waals surface area contributed by atoms with Crippen LogP contribution in [0.1, 0.15) is 23.5 Å². The Bertz CT molecular complexity index is 1340. The van der Waals surface area contributed by atoms with Crippen molar-refractivity contribution in [3.8, 4) is 17.1 Å². The number of furan rings is 1. The molecular formula is C25H20N4O4S. The highest BCUT2D eigenvalue weighted by Gasteiger charge is 2.42. The molecule has 0 unspecified atom stereocenters. The Hall–Kier alpha value is -4.24. The Morgan fingerprint density at radius 1 is 1.06 bits per heavy atom. The number of rotatable bonds is 6. The van der Waals surface area contributed by atoms with Gasteiger partial charge in [-0.05, 0) is 66.8 Å². The third kappa shape index (κ3) is 3.86. The maximum absolute atomic E-state index is 11.5. The topological polar surface area (TPSA) is 93.7 Å². The molecule has 0 amide bonds. The number of hydrogen-bond acceptors (Lipinski definition) is 6.